The number of hydrogen-bond acceptors (Lipinski definition) is 3. The molecule has 0 radical (unpaired) electrons. The third kappa shape index (κ3) is 3.77. The first-order chi connectivity index (χ1) is 11.6. The molecule has 1 amide bonds. The fourth-order valence-corrected chi connectivity index (χ4v) is 2.78. The first-order valence-electron chi connectivity index (χ1n) is 8.47. The lowest BCUT2D eigenvalue weighted by molar-refractivity contribution is -0.121. The van der Waals surface area contributed by atoms with E-state index in [1.54, 1.807) is 0 Å². The fourth-order valence-electron chi connectivity index (χ4n) is 2.78. The van der Waals surface area contributed by atoms with Gasteiger partial charge in [0.05, 0.1) is 5.69 Å². The number of carbonyl (C=O) groups is 1. The minimum atomic E-state index is -0.0856. The Balaban J connectivity index is 1.69. The summed E-state index contributed by atoms with van der Waals surface area (Å²) in [5, 5.41) is 6.24. The zero-order chi connectivity index (χ0) is 16.9. The summed E-state index contributed by atoms with van der Waals surface area (Å²) < 4.78 is 6.09. The lowest BCUT2D eigenvalue weighted by Gasteiger charge is -2.31. The molecule has 1 heterocycles. The minimum absolute atomic E-state index is 0.00847. The first-order valence-corrected chi connectivity index (χ1v) is 8.47. The van der Waals surface area contributed by atoms with E-state index in [1.807, 2.05) is 68.4 Å². The SMILES string of the molecule is CC(Oc1ccccc1NC(=O)C(C)C1CNC1)c1ccccc1. The fraction of sp³-hybridized carbons (Fsp3) is 0.350. The molecular formula is C20H24N2O2. The summed E-state index contributed by atoms with van der Waals surface area (Å²) in [5.74, 6) is 1.15. The van der Waals surface area contributed by atoms with Crippen LogP contribution in [0.3, 0.4) is 0 Å². The van der Waals surface area contributed by atoms with Crippen molar-refractivity contribution in [3.05, 3.63) is 60.2 Å². The summed E-state index contributed by atoms with van der Waals surface area (Å²) in [6.45, 7) is 5.82. The molecular weight excluding hydrogens is 300 g/mol. The van der Waals surface area contributed by atoms with Gasteiger partial charge in [0.2, 0.25) is 5.91 Å². The zero-order valence-corrected chi connectivity index (χ0v) is 14.2. The molecule has 0 saturated carbocycles. The molecule has 2 aromatic rings. The second-order valence-electron chi connectivity index (χ2n) is 6.36. The van der Waals surface area contributed by atoms with Crippen LogP contribution in [0, 0.1) is 11.8 Å². The van der Waals surface area contributed by atoms with E-state index in [4.69, 9.17) is 4.74 Å². The number of carbonyl (C=O) groups excluding carboxylic acids is 1. The van der Waals surface area contributed by atoms with Crippen LogP contribution in [0.2, 0.25) is 0 Å². The molecule has 0 aliphatic carbocycles. The van der Waals surface area contributed by atoms with Gasteiger partial charge in [-0.15, -0.1) is 0 Å². The van der Waals surface area contributed by atoms with Gasteiger partial charge in [-0.05, 0) is 43.6 Å². The number of anilines is 1. The lowest BCUT2D eigenvalue weighted by atomic mass is 9.88. The molecule has 2 atom stereocenters. The van der Waals surface area contributed by atoms with Crippen molar-refractivity contribution in [2.75, 3.05) is 18.4 Å². The molecule has 1 fully saturated rings. The molecule has 4 nitrogen and oxygen atoms in total. The van der Waals surface area contributed by atoms with E-state index in [9.17, 15) is 4.79 Å². The summed E-state index contributed by atoms with van der Waals surface area (Å²) in [7, 11) is 0. The lowest BCUT2D eigenvalue weighted by Crippen LogP contribution is -2.48. The third-order valence-electron chi connectivity index (χ3n) is 4.65. The molecule has 0 spiro atoms. The summed E-state index contributed by atoms with van der Waals surface area (Å²) in [6.07, 6.45) is -0.0856. The van der Waals surface area contributed by atoms with E-state index in [0.717, 1.165) is 24.3 Å². The van der Waals surface area contributed by atoms with Gasteiger partial charge in [0, 0.05) is 5.92 Å². The monoisotopic (exact) mass is 324 g/mol. The van der Waals surface area contributed by atoms with Gasteiger partial charge in [-0.1, -0.05) is 49.4 Å². The van der Waals surface area contributed by atoms with Crippen molar-refractivity contribution < 1.29 is 9.53 Å². The van der Waals surface area contributed by atoms with Gasteiger partial charge >= 0.3 is 0 Å². The molecule has 24 heavy (non-hydrogen) atoms. The Kier molecular flexibility index (Phi) is 5.16. The Labute approximate surface area is 143 Å². The van der Waals surface area contributed by atoms with Gasteiger partial charge in [0.15, 0.2) is 0 Å². The average molecular weight is 324 g/mol. The maximum absolute atomic E-state index is 12.5. The molecule has 0 bridgehead atoms. The van der Waals surface area contributed by atoms with Crippen molar-refractivity contribution in [3.8, 4) is 5.75 Å². The van der Waals surface area contributed by atoms with Crippen LogP contribution in [0.1, 0.15) is 25.5 Å². The van der Waals surface area contributed by atoms with Crippen molar-refractivity contribution in [3.63, 3.8) is 0 Å². The Morgan fingerprint density at radius 3 is 2.42 bits per heavy atom. The summed E-state index contributed by atoms with van der Waals surface area (Å²) in [4.78, 5) is 12.5. The van der Waals surface area contributed by atoms with Gasteiger partial charge in [-0.25, -0.2) is 0 Å². The number of amides is 1. The van der Waals surface area contributed by atoms with Crippen molar-refractivity contribution in [1.82, 2.24) is 5.32 Å². The van der Waals surface area contributed by atoms with Crippen LogP contribution in [0.5, 0.6) is 5.75 Å². The molecule has 4 heteroatoms. The van der Waals surface area contributed by atoms with E-state index in [1.165, 1.54) is 0 Å². The van der Waals surface area contributed by atoms with Crippen LogP contribution in [0.15, 0.2) is 54.6 Å². The number of para-hydroxylation sites is 2. The molecule has 3 rings (SSSR count). The number of hydrogen-bond donors (Lipinski definition) is 2. The molecule has 1 aliphatic heterocycles. The van der Waals surface area contributed by atoms with E-state index >= 15 is 0 Å². The zero-order valence-electron chi connectivity index (χ0n) is 14.2. The van der Waals surface area contributed by atoms with Gasteiger partial charge in [-0.3, -0.25) is 4.79 Å². The number of ether oxygens (including phenoxy) is 1. The summed E-state index contributed by atoms with van der Waals surface area (Å²) >= 11 is 0. The standard InChI is InChI=1S/C20H24N2O2/c1-14(17-12-21-13-17)20(23)22-18-10-6-7-11-19(18)24-15(2)16-8-4-3-5-9-16/h3-11,14-15,17,21H,12-13H2,1-2H3,(H,22,23). The Morgan fingerprint density at radius 1 is 1.08 bits per heavy atom. The van der Waals surface area contributed by atoms with E-state index in [-0.39, 0.29) is 17.9 Å². The largest absolute Gasteiger partial charge is 0.484 e. The van der Waals surface area contributed by atoms with Crippen molar-refractivity contribution >= 4 is 11.6 Å². The molecule has 2 unspecified atom stereocenters. The molecule has 0 aromatic heterocycles. The van der Waals surface area contributed by atoms with Gasteiger partial charge in [0.1, 0.15) is 11.9 Å². The van der Waals surface area contributed by atoms with Crippen molar-refractivity contribution in [2.24, 2.45) is 11.8 Å². The normalized spacial score (nSPS) is 16.8. The number of nitrogens with one attached hydrogen (secondary N) is 2. The second-order valence-corrected chi connectivity index (χ2v) is 6.36. The van der Waals surface area contributed by atoms with Crippen molar-refractivity contribution in [2.45, 2.75) is 20.0 Å². The molecule has 2 aromatic carbocycles. The summed E-state index contributed by atoms with van der Waals surface area (Å²) in [5.41, 5.74) is 1.83. The summed E-state index contributed by atoms with van der Waals surface area (Å²) in [6, 6.07) is 17.7. The van der Waals surface area contributed by atoms with Gasteiger partial charge in [0.25, 0.3) is 0 Å². The Bertz CT molecular complexity index is 683. The van der Waals surface area contributed by atoms with Gasteiger partial charge < -0.3 is 15.4 Å². The Hall–Kier alpha value is -2.33. The molecule has 1 aliphatic rings. The first kappa shape index (κ1) is 16.5. The van der Waals surface area contributed by atoms with Crippen LogP contribution in [-0.2, 0) is 4.79 Å². The van der Waals surface area contributed by atoms with Crippen LogP contribution in [0.25, 0.3) is 0 Å². The highest BCUT2D eigenvalue weighted by Gasteiger charge is 2.29. The number of benzene rings is 2. The van der Waals surface area contributed by atoms with E-state index < -0.39 is 0 Å². The van der Waals surface area contributed by atoms with E-state index in [2.05, 4.69) is 10.6 Å². The molecule has 126 valence electrons. The maximum atomic E-state index is 12.5. The minimum Gasteiger partial charge on any atom is -0.484 e. The quantitative estimate of drug-likeness (QED) is 0.853. The van der Waals surface area contributed by atoms with Crippen LogP contribution in [-0.4, -0.2) is 19.0 Å². The van der Waals surface area contributed by atoms with Crippen molar-refractivity contribution in [1.29, 1.82) is 0 Å². The van der Waals surface area contributed by atoms with Crippen LogP contribution in [0.4, 0.5) is 5.69 Å². The molecule has 2 N–H and O–H groups in total. The van der Waals surface area contributed by atoms with E-state index in [0.29, 0.717) is 11.7 Å². The highest BCUT2D eigenvalue weighted by atomic mass is 16.5. The predicted molar refractivity (Wildman–Crippen MR) is 96.1 cm³/mol. The Morgan fingerprint density at radius 2 is 1.75 bits per heavy atom. The second kappa shape index (κ2) is 7.49. The smallest absolute Gasteiger partial charge is 0.227 e. The topological polar surface area (TPSA) is 50.4 Å². The highest BCUT2D eigenvalue weighted by molar-refractivity contribution is 5.94. The third-order valence-corrected chi connectivity index (χ3v) is 4.65. The maximum Gasteiger partial charge on any atom is 0.227 e. The molecule has 1 saturated heterocycles. The highest BCUT2D eigenvalue weighted by Crippen LogP contribution is 2.30. The number of rotatable bonds is 6. The predicted octanol–water partition coefficient (Wildman–Crippen LogP) is 3.62. The van der Waals surface area contributed by atoms with Gasteiger partial charge in [-0.2, -0.15) is 0 Å². The van der Waals surface area contributed by atoms with Crippen LogP contribution >= 0.6 is 0 Å². The average Bonchev–Trinajstić information content (AvgIpc) is 2.55. The van der Waals surface area contributed by atoms with Crippen LogP contribution < -0.4 is 15.4 Å².